The molecule has 0 N–H and O–H groups in total. The molecule has 70 heavy (non-hydrogen) atoms. The van der Waals surface area contributed by atoms with Crippen LogP contribution in [-0.4, -0.2) is 6.71 Å². The summed E-state index contributed by atoms with van der Waals surface area (Å²) in [5, 5.41) is 0. The van der Waals surface area contributed by atoms with E-state index in [1.807, 2.05) is 0 Å². The molecule has 0 saturated carbocycles. The maximum absolute atomic E-state index is 2.63. The van der Waals surface area contributed by atoms with Crippen LogP contribution in [0.15, 0.2) is 170 Å². The van der Waals surface area contributed by atoms with Gasteiger partial charge in [0.1, 0.15) is 0 Å². The first kappa shape index (κ1) is 45.7. The third-order valence-corrected chi connectivity index (χ3v) is 15.7. The van der Waals surface area contributed by atoms with Crippen LogP contribution in [0, 0.1) is 0 Å². The average molecular weight is 914 g/mol. The molecule has 2 aliphatic heterocycles. The van der Waals surface area contributed by atoms with Crippen LogP contribution in [0.5, 0.6) is 0 Å². The van der Waals surface area contributed by atoms with Crippen molar-refractivity contribution in [2.75, 3.05) is 14.7 Å². The summed E-state index contributed by atoms with van der Waals surface area (Å²) >= 11 is 0. The molecule has 2 heterocycles. The fraction of sp³-hybridized carbons (Fsp3) is 0.273. The van der Waals surface area contributed by atoms with E-state index in [0.29, 0.717) is 5.92 Å². The molecule has 0 amide bonds. The highest BCUT2D eigenvalue weighted by Gasteiger charge is 2.45. The van der Waals surface area contributed by atoms with Crippen LogP contribution in [0.4, 0.5) is 51.2 Å². The first-order chi connectivity index (χ1) is 33.2. The van der Waals surface area contributed by atoms with Gasteiger partial charge in [0.15, 0.2) is 0 Å². The minimum absolute atomic E-state index is 0.0210. The molecule has 0 saturated heterocycles. The molecule has 0 unspecified atom stereocenters. The molecule has 0 atom stereocenters. The molecule has 0 spiro atoms. The van der Waals surface area contributed by atoms with E-state index < -0.39 is 0 Å². The monoisotopic (exact) mass is 914 g/mol. The third kappa shape index (κ3) is 7.40. The minimum atomic E-state index is -0.164. The second-order valence-corrected chi connectivity index (χ2v) is 24.2. The smallest absolute Gasteiger partial charge is 0.252 e. The van der Waals surface area contributed by atoms with Gasteiger partial charge in [-0.2, -0.15) is 0 Å². The molecule has 8 aromatic carbocycles. The van der Waals surface area contributed by atoms with Crippen molar-refractivity contribution in [1.82, 2.24) is 0 Å². The van der Waals surface area contributed by atoms with Crippen LogP contribution in [0.3, 0.4) is 0 Å². The molecule has 0 radical (unpaired) electrons. The van der Waals surface area contributed by atoms with Gasteiger partial charge < -0.3 is 14.7 Å². The number of anilines is 9. The van der Waals surface area contributed by atoms with E-state index >= 15 is 0 Å². The van der Waals surface area contributed by atoms with Crippen LogP contribution < -0.4 is 31.1 Å². The van der Waals surface area contributed by atoms with Gasteiger partial charge in [0.05, 0.1) is 0 Å². The predicted octanol–water partition coefficient (Wildman–Crippen LogP) is 16.6. The predicted molar refractivity (Wildman–Crippen MR) is 303 cm³/mol. The third-order valence-electron chi connectivity index (χ3n) is 15.7. The van der Waals surface area contributed by atoms with E-state index in [1.54, 1.807) is 0 Å². The van der Waals surface area contributed by atoms with Gasteiger partial charge in [-0.15, -0.1) is 0 Å². The topological polar surface area (TPSA) is 9.72 Å². The second kappa shape index (κ2) is 16.1. The fourth-order valence-electron chi connectivity index (χ4n) is 11.6. The van der Waals surface area contributed by atoms with Crippen molar-refractivity contribution in [1.29, 1.82) is 0 Å². The standard InChI is InChI=1S/C66H68BN3/c1-42(2)43-23-28-48(29-24-43)68(47-19-15-14-16-20-47)51-33-35-56-59(41-51)70(50-32-34-53-52-21-17-18-22-54(52)66(12,13)55(53)40-50)61-39-46(65(9,10)11)38-60-62(61)67(56)57-37-45(64(6,7)8)27-36-58(57)69(60)49-30-25-44(26-31-49)63(3,4)5/h14-42H,1-13H3. The first-order valence-electron chi connectivity index (χ1n) is 25.6. The Hall–Kier alpha value is -6.78. The zero-order valence-electron chi connectivity index (χ0n) is 43.7. The SMILES string of the molecule is CC(C)c1ccc(N(c2ccccc2)c2ccc3c(c2)N(c2ccc4c(c2)C(C)(C)c2ccccc2-4)c2cc(C(C)(C)C)cc4c2B3c2cc(C(C)(C)C)ccc2N4c2ccc(C(C)(C)C)cc2)cc1. The molecule has 0 fully saturated rings. The van der Waals surface area contributed by atoms with Crippen molar-refractivity contribution in [3.63, 3.8) is 0 Å². The van der Waals surface area contributed by atoms with E-state index in [2.05, 4.69) is 275 Å². The van der Waals surface area contributed by atoms with Gasteiger partial charge in [0.25, 0.3) is 6.71 Å². The van der Waals surface area contributed by atoms with Gasteiger partial charge in [-0.1, -0.05) is 181 Å². The Morgan fingerprint density at radius 2 is 0.986 bits per heavy atom. The number of hydrogen-bond donors (Lipinski definition) is 0. The molecule has 3 nitrogen and oxygen atoms in total. The summed E-state index contributed by atoms with van der Waals surface area (Å²) in [5.41, 5.74) is 25.1. The maximum Gasteiger partial charge on any atom is 0.252 e. The Morgan fingerprint density at radius 1 is 0.429 bits per heavy atom. The summed E-state index contributed by atoms with van der Waals surface area (Å²) in [6.07, 6.45) is 0. The number of para-hydroxylation sites is 1. The zero-order chi connectivity index (χ0) is 49.2. The number of rotatable bonds is 6. The van der Waals surface area contributed by atoms with E-state index in [-0.39, 0.29) is 28.4 Å². The maximum atomic E-state index is 2.63. The number of hydrogen-bond acceptors (Lipinski definition) is 3. The van der Waals surface area contributed by atoms with Gasteiger partial charge >= 0.3 is 0 Å². The molecular weight excluding hydrogens is 846 g/mol. The summed E-state index contributed by atoms with van der Waals surface area (Å²) in [5.74, 6) is 0.445. The quantitative estimate of drug-likeness (QED) is 0.154. The van der Waals surface area contributed by atoms with Crippen LogP contribution in [-0.2, 0) is 21.7 Å². The average Bonchev–Trinajstić information content (AvgIpc) is 3.56. The number of benzene rings is 8. The second-order valence-electron chi connectivity index (χ2n) is 24.2. The largest absolute Gasteiger partial charge is 0.311 e. The van der Waals surface area contributed by atoms with Crippen molar-refractivity contribution >= 4 is 74.3 Å². The lowest BCUT2D eigenvalue weighted by Crippen LogP contribution is -2.61. The van der Waals surface area contributed by atoms with Crippen molar-refractivity contribution in [3.05, 3.63) is 203 Å². The number of nitrogens with zero attached hydrogens (tertiary/aromatic N) is 3. The van der Waals surface area contributed by atoms with Gasteiger partial charge in [-0.25, -0.2) is 0 Å². The zero-order valence-corrected chi connectivity index (χ0v) is 43.7. The van der Waals surface area contributed by atoms with Crippen molar-refractivity contribution in [2.45, 2.75) is 118 Å². The van der Waals surface area contributed by atoms with E-state index in [4.69, 9.17) is 0 Å². The Balaban J connectivity index is 1.23. The molecular formula is C66H68BN3. The van der Waals surface area contributed by atoms with Gasteiger partial charge in [0, 0.05) is 56.6 Å². The molecule has 1 aliphatic carbocycles. The molecule has 8 aromatic rings. The highest BCUT2D eigenvalue weighted by atomic mass is 15.2. The Bertz CT molecular complexity index is 3320. The molecule has 0 bridgehead atoms. The molecule has 11 rings (SSSR count). The van der Waals surface area contributed by atoms with E-state index in [0.717, 1.165) is 17.1 Å². The summed E-state index contributed by atoms with van der Waals surface area (Å²) in [7, 11) is 0. The summed E-state index contributed by atoms with van der Waals surface area (Å²) in [6, 6.07) is 65.5. The minimum Gasteiger partial charge on any atom is -0.311 e. The normalized spacial score (nSPS) is 14.5. The van der Waals surface area contributed by atoms with Crippen molar-refractivity contribution in [3.8, 4) is 11.1 Å². The van der Waals surface area contributed by atoms with Crippen molar-refractivity contribution < 1.29 is 0 Å². The van der Waals surface area contributed by atoms with Gasteiger partial charge in [0.2, 0.25) is 0 Å². The highest BCUT2D eigenvalue weighted by molar-refractivity contribution is 7.00. The molecule has 0 aromatic heterocycles. The lowest BCUT2D eigenvalue weighted by atomic mass is 9.33. The fourth-order valence-corrected chi connectivity index (χ4v) is 11.6. The first-order valence-corrected chi connectivity index (χ1v) is 25.6. The van der Waals surface area contributed by atoms with E-state index in [9.17, 15) is 0 Å². The summed E-state index contributed by atoms with van der Waals surface area (Å²) < 4.78 is 0. The van der Waals surface area contributed by atoms with Crippen molar-refractivity contribution in [2.24, 2.45) is 0 Å². The highest BCUT2D eigenvalue weighted by Crippen LogP contribution is 2.53. The van der Waals surface area contributed by atoms with Crippen LogP contribution in [0.25, 0.3) is 11.1 Å². The molecule has 3 aliphatic rings. The summed E-state index contributed by atoms with van der Waals surface area (Å²) in [6.45, 7) is 30.4. The van der Waals surface area contributed by atoms with Crippen LogP contribution in [0.2, 0.25) is 0 Å². The molecule has 4 heteroatoms. The molecule has 350 valence electrons. The lowest BCUT2D eigenvalue weighted by Gasteiger charge is -2.46. The van der Waals surface area contributed by atoms with Crippen LogP contribution >= 0.6 is 0 Å². The lowest BCUT2D eigenvalue weighted by molar-refractivity contribution is 0.589. The Kier molecular flexibility index (Phi) is 10.5. The Labute approximate surface area is 418 Å². The van der Waals surface area contributed by atoms with Gasteiger partial charge in [-0.3, -0.25) is 0 Å². The summed E-state index contributed by atoms with van der Waals surface area (Å²) in [4.78, 5) is 7.65. The number of fused-ring (bicyclic) bond motifs is 7. The van der Waals surface area contributed by atoms with E-state index in [1.165, 1.54) is 95.0 Å². The van der Waals surface area contributed by atoms with Gasteiger partial charge in [-0.05, 0) is 162 Å². The Morgan fingerprint density at radius 3 is 1.63 bits per heavy atom. The van der Waals surface area contributed by atoms with Crippen LogP contribution in [0.1, 0.15) is 129 Å².